The van der Waals surface area contributed by atoms with E-state index in [1.165, 1.54) is 32.3 Å². The van der Waals surface area contributed by atoms with E-state index in [1.54, 1.807) is 18.2 Å². The number of rotatable bonds is 4. The summed E-state index contributed by atoms with van der Waals surface area (Å²) >= 11 is 6.00. The molecule has 2 aromatic rings. The first kappa shape index (κ1) is 18.5. The monoisotopic (exact) mass is 396 g/mol. The lowest BCUT2D eigenvalue weighted by Crippen LogP contribution is -2.40. The number of para-hydroxylation sites is 2. The summed E-state index contributed by atoms with van der Waals surface area (Å²) in [6, 6.07) is 11.3. The number of amides is 1. The number of anilines is 1. The van der Waals surface area contributed by atoms with Crippen molar-refractivity contribution in [1.82, 2.24) is 4.31 Å². The third kappa shape index (κ3) is 3.62. The molecule has 7 nitrogen and oxygen atoms in total. The highest BCUT2D eigenvalue weighted by molar-refractivity contribution is 7.89. The number of nitrogens with one attached hydrogen (secondary N) is 1. The van der Waals surface area contributed by atoms with Gasteiger partial charge in [-0.05, 0) is 30.3 Å². The highest BCUT2D eigenvalue weighted by Crippen LogP contribution is 2.31. The molecule has 9 heteroatoms. The zero-order valence-corrected chi connectivity index (χ0v) is 15.7. The Morgan fingerprint density at radius 1 is 1.19 bits per heavy atom. The van der Waals surface area contributed by atoms with Crippen LogP contribution in [0.5, 0.6) is 11.5 Å². The number of sulfonamides is 1. The molecule has 0 saturated carbocycles. The molecule has 1 aliphatic heterocycles. The Labute approximate surface area is 156 Å². The standard InChI is InChI=1S/C17H17ClN2O5S/c1-20(2)26(22,23)16-9-11(7-8-12(16)18)19-17(21)15-10-24-13-5-3-4-6-14(13)25-15/h3-9,15H,10H2,1-2H3,(H,19,21). The van der Waals surface area contributed by atoms with Gasteiger partial charge in [0.2, 0.25) is 16.1 Å². The van der Waals surface area contributed by atoms with Crippen LogP contribution in [-0.4, -0.2) is 45.4 Å². The van der Waals surface area contributed by atoms with Crippen LogP contribution in [0.3, 0.4) is 0 Å². The zero-order chi connectivity index (χ0) is 18.9. The van der Waals surface area contributed by atoms with Gasteiger partial charge >= 0.3 is 0 Å². The van der Waals surface area contributed by atoms with Crippen LogP contribution in [0, 0.1) is 0 Å². The van der Waals surface area contributed by atoms with Crippen molar-refractivity contribution in [3.63, 3.8) is 0 Å². The van der Waals surface area contributed by atoms with Crippen molar-refractivity contribution in [3.8, 4) is 11.5 Å². The summed E-state index contributed by atoms with van der Waals surface area (Å²) in [6.45, 7) is 0.0549. The summed E-state index contributed by atoms with van der Waals surface area (Å²) in [4.78, 5) is 12.4. The quantitative estimate of drug-likeness (QED) is 0.857. The van der Waals surface area contributed by atoms with E-state index < -0.39 is 22.0 Å². The molecule has 0 saturated heterocycles. The van der Waals surface area contributed by atoms with Crippen LogP contribution in [0.1, 0.15) is 0 Å². The lowest BCUT2D eigenvalue weighted by Gasteiger charge is -2.25. The molecule has 1 N–H and O–H groups in total. The topological polar surface area (TPSA) is 84.9 Å². The highest BCUT2D eigenvalue weighted by Gasteiger charge is 2.28. The first-order valence-electron chi connectivity index (χ1n) is 7.70. The number of nitrogens with zero attached hydrogens (tertiary/aromatic N) is 1. The first-order chi connectivity index (χ1) is 12.3. The molecule has 0 aromatic heterocycles. The minimum atomic E-state index is -3.74. The van der Waals surface area contributed by atoms with Crippen molar-refractivity contribution >= 4 is 33.2 Å². The Morgan fingerprint density at radius 2 is 1.88 bits per heavy atom. The summed E-state index contributed by atoms with van der Waals surface area (Å²) in [7, 11) is -0.928. The van der Waals surface area contributed by atoms with Gasteiger partial charge in [-0.3, -0.25) is 4.79 Å². The predicted octanol–water partition coefficient (Wildman–Crippen LogP) is 2.37. The van der Waals surface area contributed by atoms with Crippen LogP contribution in [0.25, 0.3) is 0 Å². The fraction of sp³-hybridized carbons (Fsp3) is 0.235. The fourth-order valence-electron chi connectivity index (χ4n) is 2.35. The molecule has 0 aliphatic carbocycles. The summed E-state index contributed by atoms with van der Waals surface area (Å²) in [5.41, 5.74) is 0.294. The maximum absolute atomic E-state index is 12.4. The maximum Gasteiger partial charge on any atom is 0.269 e. The molecule has 0 fully saturated rings. The Morgan fingerprint density at radius 3 is 2.58 bits per heavy atom. The van der Waals surface area contributed by atoms with E-state index in [9.17, 15) is 13.2 Å². The third-order valence-corrected chi connectivity index (χ3v) is 6.06. The minimum Gasteiger partial charge on any atom is -0.485 e. The van der Waals surface area contributed by atoms with Crippen LogP contribution in [0.15, 0.2) is 47.4 Å². The van der Waals surface area contributed by atoms with E-state index in [4.69, 9.17) is 21.1 Å². The Balaban J connectivity index is 1.79. The van der Waals surface area contributed by atoms with Gasteiger partial charge in [0.1, 0.15) is 11.5 Å². The summed E-state index contributed by atoms with van der Waals surface area (Å²) < 4.78 is 36.8. The van der Waals surface area contributed by atoms with Crippen molar-refractivity contribution in [2.75, 3.05) is 26.0 Å². The van der Waals surface area contributed by atoms with E-state index in [-0.39, 0.29) is 16.5 Å². The van der Waals surface area contributed by atoms with Crippen LogP contribution in [-0.2, 0) is 14.8 Å². The van der Waals surface area contributed by atoms with Crippen LogP contribution < -0.4 is 14.8 Å². The number of benzene rings is 2. The molecule has 2 aromatic carbocycles. The molecule has 1 aliphatic rings. The van der Waals surface area contributed by atoms with E-state index in [2.05, 4.69) is 5.32 Å². The van der Waals surface area contributed by atoms with Gasteiger partial charge in [0.15, 0.2) is 11.5 Å². The summed E-state index contributed by atoms with van der Waals surface area (Å²) in [6.07, 6.45) is -0.852. The predicted molar refractivity (Wildman–Crippen MR) is 97.3 cm³/mol. The van der Waals surface area contributed by atoms with E-state index >= 15 is 0 Å². The van der Waals surface area contributed by atoms with Gasteiger partial charge in [0, 0.05) is 19.8 Å². The molecule has 3 rings (SSSR count). The summed E-state index contributed by atoms with van der Waals surface area (Å²) in [5, 5.41) is 2.71. The molecule has 1 amide bonds. The van der Waals surface area contributed by atoms with Gasteiger partial charge in [-0.25, -0.2) is 12.7 Å². The number of carbonyl (C=O) groups excluding carboxylic acids is 1. The molecule has 138 valence electrons. The molecule has 1 heterocycles. The van der Waals surface area contributed by atoms with Gasteiger partial charge < -0.3 is 14.8 Å². The minimum absolute atomic E-state index is 0.0549. The fourth-order valence-corrected chi connectivity index (χ4v) is 3.74. The van der Waals surface area contributed by atoms with Gasteiger partial charge in [-0.1, -0.05) is 23.7 Å². The lowest BCUT2D eigenvalue weighted by molar-refractivity contribution is -0.125. The number of hydrogen-bond donors (Lipinski definition) is 1. The number of halogens is 1. The molecular formula is C17H17ClN2O5S. The Kier molecular flexibility index (Phi) is 5.08. The molecule has 0 radical (unpaired) electrons. The van der Waals surface area contributed by atoms with Crippen LogP contribution in [0.2, 0.25) is 5.02 Å². The maximum atomic E-state index is 12.4. The second kappa shape index (κ2) is 7.14. The Bertz CT molecular complexity index is 946. The van der Waals surface area contributed by atoms with Crippen molar-refractivity contribution in [2.45, 2.75) is 11.0 Å². The average molecular weight is 397 g/mol. The molecule has 0 bridgehead atoms. The molecule has 26 heavy (non-hydrogen) atoms. The molecule has 1 atom stereocenters. The smallest absolute Gasteiger partial charge is 0.269 e. The van der Waals surface area contributed by atoms with E-state index in [0.29, 0.717) is 17.2 Å². The summed E-state index contributed by atoms with van der Waals surface area (Å²) in [5.74, 6) is 0.600. The highest BCUT2D eigenvalue weighted by atomic mass is 35.5. The second-order valence-electron chi connectivity index (χ2n) is 5.79. The number of hydrogen-bond acceptors (Lipinski definition) is 5. The van der Waals surface area contributed by atoms with Gasteiger partial charge in [0.05, 0.1) is 5.02 Å². The lowest BCUT2D eigenvalue weighted by atomic mass is 10.2. The molecule has 0 spiro atoms. The number of ether oxygens (including phenoxy) is 2. The third-order valence-electron chi connectivity index (χ3n) is 3.76. The van der Waals surface area contributed by atoms with Crippen LogP contribution >= 0.6 is 11.6 Å². The average Bonchev–Trinajstić information content (AvgIpc) is 2.62. The van der Waals surface area contributed by atoms with Crippen molar-refractivity contribution in [2.24, 2.45) is 0 Å². The van der Waals surface area contributed by atoms with Crippen LogP contribution in [0.4, 0.5) is 5.69 Å². The number of carbonyl (C=O) groups is 1. The normalized spacial score (nSPS) is 16.4. The van der Waals surface area contributed by atoms with Gasteiger partial charge in [0.25, 0.3) is 5.91 Å². The largest absolute Gasteiger partial charge is 0.485 e. The Hall–Kier alpha value is -2.29. The molecule has 1 unspecified atom stereocenters. The zero-order valence-electron chi connectivity index (χ0n) is 14.1. The van der Waals surface area contributed by atoms with Crippen molar-refractivity contribution in [3.05, 3.63) is 47.5 Å². The van der Waals surface area contributed by atoms with Crippen molar-refractivity contribution < 1.29 is 22.7 Å². The second-order valence-corrected chi connectivity index (χ2v) is 8.31. The van der Waals surface area contributed by atoms with E-state index in [0.717, 1.165) is 4.31 Å². The van der Waals surface area contributed by atoms with Gasteiger partial charge in [-0.2, -0.15) is 0 Å². The number of fused-ring (bicyclic) bond motifs is 1. The van der Waals surface area contributed by atoms with Crippen molar-refractivity contribution in [1.29, 1.82) is 0 Å². The SMILES string of the molecule is CN(C)S(=O)(=O)c1cc(NC(=O)C2COc3ccccc3O2)ccc1Cl. The van der Waals surface area contributed by atoms with E-state index in [1.807, 2.05) is 6.07 Å². The first-order valence-corrected chi connectivity index (χ1v) is 9.52. The molecular weight excluding hydrogens is 380 g/mol. The van der Waals surface area contributed by atoms with Gasteiger partial charge in [-0.15, -0.1) is 0 Å².